The van der Waals surface area contributed by atoms with E-state index in [1.165, 1.54) is 4.90 Å². The minimum Gasteiger partial charge on any atom is -0.480 e. The van der Waals surface area contributed by atoms with Crippen LogP contribution >= 0.6 is 0 Å². The third-order valence-electron chi connectivity index (χ3n) is 3.74. The van der Waals surface area contributed by atoms with Gasteiger partial charge in [0.05, 0.1) is 5.52 Å². The molecule has 0 spiro atoms. The van der Waals surface area contributed by atoms with E-state index >= 15 is 0 Å². The van der Waals surface area contributed by atoms with Crippen LogP contribution in [0.4, 0.5) is 0 Å². The number of aryl methyl sites for hydroxylation is 1. The Kier molecular flexibility index (Phi) is 3.55. The second-order valence-corrected chi connectivity index (χ2v) is 5.14. The SMILES string of the molecule is O=C(O)[C@@H]1CCCN1C(=O)CCc1nc2ncccc2[nH]1. The number of H-pyrrole nitrogens is 1. The molecule has 3 rings (SSSR count). The molecule has 0 unspecified atom stereocenters. The summed E-state index contributed by atoms with van der Waals surface area (Å²) in [5.74, 6) is -0.356. The van der Waals surface area contributed by atoms with Gasteiger partial charge in [-0.2, -0.15) is 0 Å². The second kappa shape index (κ2) is 5.51. The number of carbonyl (C=O) groups is 2. The van der Waals surface area contributed by atoms with Crippen LogP contribution in [0.5, 0.6) is 0 Å². The van der Waals surface area contributed by atoms with E-state index < -0.39 is 12.0 Å². The van der Waals surface area contributed by atoms with Gasteiger partial charge in [0, 0.05) is 25.6 Å². The van der Waals surface area contributed by atoms with Crippen molar-refractivity contribution >= 4 is 23.0 Å². The Morgan fingerprint density at radius 1 is 1.48 bits per heavy atom. The fourth-order valence-electron chi connectivity index (χ4n) is 2.70. The summed E-state index contributed by atoms with van der Waals surface area (Å²) in [5.41, 5.74) is 1.47. The molecule has 1 fully saturated rings. The number of likely N-dealkylation sites (tertiary alicyclic amines) is 1. The number of pyridine rings is 1. The van der Waals surface area contributed by atoms with Gasteiger partial charge in [-0.1, -0.05) is 0 Å². The maximum atomic E-state index is 12.2. The smallest absolute Gasteiger partial charge is 0.326 e. The molecule has 0 aliphatic carbocycles. The lowest BCUT2D eigenvalue weighted by Gasteiger charge is -2.21. The van der Waals surface area contributed by atoms with Gasteiger partial charge in [0.25, 0.3) is 0 Å². The van der Waals surface area contributed by atoms with Gasteiger partial charge in [0.15, 0.2) is 5.65 Å². The largest absolute Gasteiger partial charge is 0.480 e. The van der Waals surface area contributed by atoms with Gasteiger partial charge in [0.2, 0.25) is 5.91 Å². The Labute approximate surface area is 121 Å². The van der Waals surface area contributed by atoms with Crippen molar-refractivity contribution in [1.82, 2.24) is 19.9 Å². The zero-order chi connectivity index (χ0) is 14.8. The number of aromatic nitrogens is 3. The molecule has 21 heavy (non-hydrogen) atoms. The Morgan fingerprint density at radius 3 is 3.10 bits per heavy atom. The van der Waals surface area contributed by atoms with Crippen LogP contribution in [0.15, 0.2) is 18.3 Å². The molecule has 1 saturated heterocycles. The summed E-state index contributed by atoms with van der Waals surface area (Å²) < 4.78 is 0. The molecule has 0 aromatic carbocycles. The van der Waals surface area contributed by atoms with E-state index in [9.17, 15) is 9.59 Å². The highest BCUT2D eigenvalue weighted by Gasteiger charge is 2.33. The summed E-state index contributed by atoms with van der Waals surface area (Å²) in [6, 6.07) is 3.02. The van der Waals surface area contributed by atoms with Gasteiger partial charge in [0.1, 0.15) is 11.9 Å². The molecule has 1 aliphatic heterocycles. The molecule has 110 valence electrons. The summed E-state index contributed by atoms with van der Waals surface area (Å²) in [6.07, 6.45) is 3.66. The van der Waals surface area contributed by atoms with Crippen LogP contribution in [0.2, 0.25) is 0 Å². The number of nitrogens with one attached hydrogen (secondary N) is 1. The molecule has 7 nitrogen and oxygen atoms in total. The van der Waals surface area contributed by atoms with Crippen molar-refractivity contribution in [1.29, 1.82) is 0 Å². The fraction of sp³-hybridized carbons (Fsp3) is 0.429. The lowest BCUT2D eigenvalue weighted by molar-refractivity contribution is -0.148. The third kappa shape index (κ3) is 2.72. The predicted octanol–water partition coefficient (Wildman–Crippen LogP) is 0.966. The molecule has 1 aliphatic rings. The van der Waals surface area contributed by atoms with E-state index in [-0.39, 0.29) is 12.3 Å². The Bertz CT molecular complexity index is 649. The Morgan fingerprint density at radius 2 is 2.33 bits per heavy atom. The molecular formula is C14H16N4O3. The number of fused-ring (bicyclic) bond motifs is 1. The minimum atomic E-state index is -0.922. The number of aromatic amines is 1. The Balaban J connectivity index is 1.64. The van der Waals surface area contributed by atoms with Crippen molar-refractivity contribution in [3.63, 3.8) is 0 Å². The summed E-state index contributed by atoms with van der Waals surface area (Å²) in [6.45, 7) is 0.525. The standard InChI is InChI=1S/C14H16N4O3/c19-12(18-8-2-4-10(18)14(20)21)6-5-11-16-9-3-1-7-15-13(9)17-11/h1,3,7,10H,2,4-6,8H2,(H,20,21)(H,15,16,17)/t10-/m0/s1. The molecule has 0 saturated carbocycles. The van der Waals surface area contributed by atoms with Crippen LogP contribution in [0, 0.1) is 0 Å². The quantitative estimate of drug-likeness (QED) is 0.873. The molecule has 2 aromatic heterocycles. The molecule has 0 radical (unpaired) electrons. The van der Waals surface area contributed by atoms with Crippen LogP contribution in [0.25, 0.3) is 11.2 Å². The molecule has 3 heterocycles. The van der Waals surface area contributed by atoms with Crippen LogP contribution in [-0.4, -0.2) is 49.4 Å². The number of carbonyl (C=O) groups excluding carboxylic acids is 1. The van der Waals surface area contributed by atoms with E-state index in [4.69, 9.17) is 5.11 Å². The van der Waals surface area contributed by atoms with Gasteiger partial charge in [-0.05, 0) is 25.0 Å². The van der Waals surface area contributed by atoms with Crippen LogP contribution in [-0.2, 0) is 16.0 Å². The van der Waals surface area contributed by atoms with Crippen LogP contribution in [0.3, 0.4) is 0 Å². The molecule has 0 bridgehead atoms. The average Bonchev–Trinajstić information content (AvgIpc) is 3.10. The zero-order valence-electron chi connectivity index (χ0n) is 11.5. The summed E-state index contributed by atoms with van der Waals surface area (Å²) in [4.78, 5) is 36.3. The summed E-state index contributed by atoms with van der Waals surface area (Å²) in [5, 5.41) is 9.09. The van der Waals surface area contributed by atoms with Crippen molar-refractivity contribution in [2.45, 2.75) is 31.7 Å². The summed E-state index contributed by atoms with van der Waals surface area (Å²) in [7, 11) is 0. The minimum absolute atomic E-state index is 0.131. The number of aliphatic carboxylic acids is 1. The van der Waals surface area contributed by atoms with E-state index in [1.807, 2.05) is 12.1 Å². The van der Waals surface area contributed by atoms with Crippen molar-refractivity contribution in [3.05, 3.63) is 24.2 Å². The van der Waals surface area contributed by atoms with Crippen LogP contribution < -0.4 is 0 Å². The first kappa shape index (κ1) is 13.5. The van der Waals surface area contributed by atoms with E-state index in [2.05, 4.69) is 15.0 Å². The van der Waals surface area contributed by atoms with Crippen molar-refractivity contribution in [3.8, 4) is 0 Å². The predicted molar refractivity (Wildman–Crippen MR) is 74.6 cm³/mol. The highest BCUT2D eigenvalue weighted by atomic mass is 16.4. The summed E-state index contributed by atoms with van der Waals surface area (Å²) >= 11 is 0. The van der Waals surface area contributed by atoms with Gasteiger partial charge in [-0.3, -0.25) is 4.79 Å². The van der Waals surface area contributed by atoms with Crippen molar-refractivity contribution in [2.24, 2.45) is 0 Å². The van der Waals surface area contributed by atoms with E-state index in [0.29, 0.717) is 30.9 Å². The highest BCUT2D eigenvalue weighted by molar-refractivity contribution is 5.84. The normalized spacial score (nSPS) is 18.3. The maximum Gasteiger partial charge on any atom is 0.326 e. The van der Waals surface area contributed by atoms with Crippen molar-refractivity contribution < 1.29 is 14.7 Å². The van der Waals surface area contributed by atoms with E-state index in [1.54, 1.807) is 6.20 Å². The fourth-order valence-corrected chi connectivity index (χ4v) is 2.70. The van der Waals surface area contributed by atoms with Crippen LogP contribution in [0.1, 0.15) is 25.1 Å². The number of rotatable bonds is 4. The van der Waals surface area contributed by atoms with E-state index in [0.717, 1.165) is 11.9 Å². The van der Waals surface area contributed by atoms with Gasteiger partial charge >= 0.3 is 5.97 Å². The van der Waals surface area contributed by atoms with Gasteiger partial charge in [-0.25, -0.2) is 14.8 Å². The van der Waals surface area contributed by atoms with Gasteiger partial charge in [-0.15, -0.1) is 0 Å². The number of carboxylic acid groups (broad SMARTS) is 1. The monoisotopic (exact) mass is 288 g/mol. The second-order valence-electron chi connectivity index (χ2n) is 5.14. The molecule has 1 amide bonds. The number of imidazole rings is 1. The number of amides is 1. The highest BCUT2D eigenvalue weighted by Crippen LogP contribution is 2.19. The average molecular weight is 288 g/mol. The van der Waals surface area contributed by atoms with Crippen molar-refractivity contribution in [2.75, 3.05) is 6.54 Å². The topological polar surface area (TPSA) is 99.2 Å². The molecular weight excluding hydrogens is 272 g/mol. The Hall–Kier alpha value is -2.44. The zero-order valence-corrected chi connectivity index (χ0v) is 11.5. The molecule has 1 atom stereocenters. The maximum absolute atomic E-state index is 12.2. The lowest BCUT2D eigenvalue weighted by atomic mass is 10.2. The first-order valence-electron chi connectivity index (χ1n) is 6.97. The number of carboxylic acids is 1. The number of nitrogens with zero attached hydrogens (tertiary/aromatic N) is 3. The van der Waals surface area contributed by atoms with Gasteiger partial charge < -0.3 is 15.0 Å². The first-order chi connectivity index (χ1) is 10.1. The third-order valence-corrected chi connectivity index (χ3v) is 3.74. The lowest BCUT2D eigenvalue weighted by Crippen LogP contribution is -2.40. The first-order valence-corrected chi connectivity index (χ1v) is 6.97. The number of hydrogen-bond acceptors (Lipinski definition) is 4. The molecule has 7 heteroatoms. The molecule has 2 N–H and O–H groups in total. The number of hydrogen-bond donors (Lipinski definition) is 2. The molecule has 2 aromatic rings.